The molecule has 35 heavy (non-hydrogen) atoms. The third kappa shape index (κ3) is 3.89. The monoisotopic (exact) mass is 480 g/mol. The summed E-state index contributed by atoms with van der Waals surface area (Å²) in [7, 11) is 1.74. The van der Waals surface area contributed by atoms with Crippen LogP contribution in [0.15, 0.2) is 36.8 Å². The van der Waals surface area contributed by atoms with Gasteiger partial charge < -0.3 is 20.3 Å². The second kappa shape index (κ2) is 8.08. The summed E-state index contributed by atoms with van der Waals surface area (Å²) in [6, 6.07) is 5.54. The molecule has 0 spiro atoms. The van der Waals surface area contributed by atoms with E-state index in [0.717, 1.165) is 18.8 Å². The Bertz CT molecular complexity index is 1450. The summed E-state index contributed by atoms with van der Waals surface area (Å²) >= 11 is 0. The van der Waals surface area contributed by atoms with Gasteiger partial charge in [-0.1, -0.05) is 0 Å². The van der Waals surface area contributed by atoms with Crippen molar-refractivity contribution in [2.24, 2.45) is 5.92 Å². The average molecular weight is 480 g/mol. The van der Waals surface area contributed by atoms with Crippen LogP contribution in [0, 0.1) is 5.92 Å². The number of nitrogens with zero attached hydrogens (tertiary/aromatic N) is 6. The van der Waals surface area contributed by atoms with Crippen LogP contribution < -0.4 is 15.5 Å². The molecule has 12 heteroatoms. The topological polar surface area (TPSA) is 110 Å². The van der Waals surface area contributed by atoms with E-state index in [4.69, 9.17) is 4.74 Å². The minimum Gasteiger partial charge on any atom is -0.378 e. The Balaban J connectivity index is 1.38. The van der Waals surface area contributed by atoms with E-state index in [2.05, 4.69) is 35.6 Å². The molecular weight excluding hydrogens is 458 g/mol. The zero-order chi connectivity index (χ0) is 24.2. The summed E-state index contributed by atoms with van der Waals surface area (Å²) in [6.07, 6.45) is 4.68. The van der Waals surface area contributed by atoms with E-state index in [1.165, 1.54) is 0 Å². The number of alkyl halides is 2. The van der Waals surface area contributed by atoms with Crippen molar-refractivity contribution in [3.8, 4) is 11.4 Å². The van der Waals surface area contributed by atoms with E-state index in [-0.39, 0.29) is 5.82 Å². The molecule has 1 aliphatic carbocycles. The van der Waals surface area contributed by atoms with Crippen molar-refractivity contribution < 1.29 is 18.3 Å². The number of hydrogen-bond acceptors (Lipinski definition) is 8. The van der Waals surface area contributed by atoms with Crippen LogP contribution in [0.3, 0.4) is 0 Å². The van der Waals surface area contributed by atoms with Gasteiger partial charge in [0.05, 0.1) is 25.1 Å². The highest BCUT2D eigenvalue weighted by Gasteiger charge is 2.61. The first-order valence-corrected chi connectivity index (χ1v) is 11.3. The predicted octanol–water partition coefficient (Wildman–Crippen LogP) is 2.81. The molecule has 1 saturated heterocycles. The van der Waals surface area contributed by atoms with Crippen molar-refractivity contribution in [1.82, 2.24) is 24.6 Å². The first-order chi connectivity index (χ1) is 16.9. The smallest absolute Gasteiger partial charge is 0.260 e. The lowest BCUT2D eigenvalue weighted by Gasteiger charge is -2.28. The van der Waals surface area contributed by atoms with Gasteiger partial charge in [-0.3, -0.25) is 4.79 Å². The SMILES string of the molecule is CNc1ncc(-c2nc3ccc(N4CCOCC4)cn3n2)c2cc(NC(=O)[C@H]3CC3(F)F)ncc12. The second-order valence-corrected chi connectivity index (χ2v) is 8.62. The van der Waals surface area contributed by atoms with Crippen LogP contribution in [0.25, 0.3) is 27.8 Å². The van der Waals surface area contributed by atoms with Crippen LogP contribution in [-0.4, -0.2) is 69.7 Å². The Morgan fingerprint density at radius 2 is 1.97 bits per heavy atom. The van der Waals surface area contributed by atoms with Crippen LogP contribution in [0.5, 0.6) is 0 Å². The van der Waals surface area contributed by atoms with Crippen LogP contribution in [-0.2, 0) is 9.53 Å². The highest BCUT2D eigenvalue weighted by atomic mass is 19.3. The number of hydrogen-bond donors (Lipinski definition) is 2. The fourth-order valence-electron chi connectivity index (χ4n) is 4.29. The van der Waals surface area contributed by atoms with Gasteiger partial charge in [0.1, 0.15) is 17.6 Å². The summed E-state index contributed by atoms with van der Waals surface area (Å²) in [5.41, 5.74) is 2.32. The van der Waals surface area contributed by atoms with Crippen molar-refractivity contribution in [2.75, 3.05) is 48.9 Å². The van der Waals surface area contributed by atoms with Crippen molar-refractivity contribution in [3.63, 3.8) is 0 Å². The Morgan fingerprint density at radius 3 is 2.71 bits per heavy atom. The maximum absolute atomic E-state index is 13.3. The molecule has 0 bridgehead atoms. The van der Waals surface area contributed by atoms with Gasteiger partial charge >= 0.3 is 0 Å². The first kappa shape index (κ1) is 21.6. The van der Waals surface area contributed by atoms with Crippen molar-refractivity contribution >= 4 is 39.6 Å². The van der Waals surface area contributed by atoms with Gasteiger partial charge in [-0.2, -0.15) is 0 Å². The minimum atomic E-state index is -2.95. The van der Waals surface area contributed by atoms with Crippen LogP contribution in [0.1, 0.15) is 6.42 Å². The Kier molecular flexibility index (Phi) is 4.99. The number of fused-ring (bicyclic) bond motifs is 2. The molecule has 1 atom stereocenters. The van der Waals surface area contributed by atoms with Crippen LogP contribution in [0.2, 0.25) is 0 Å². The van der Waals surface area contributed by atoms with Crippen molar-refractivity contribution in [2.45, 2.75) is 12.3 Å². The second-order valence-electron chi connectivity index (χ2n) is 8.62. The molecule has 4 aromatic rings. The molecule has 1 aliphatic heterocycles. The maximum atomic E-state index is 13.3. The number of anilines is 3. The van der Waals surface area contributed by atoms with Gasteiger partial charge in [-0.05, 0) is 18.2 Å². The molecule has 4 aromatic heterocycles. The normalized spacial score (nSPS) is 19.2. The average Bonchev–Trinajstić information content (AvgIpc) is 3.32. The molecule has 0 unspecified atom stereocenters. The highest BCUT2D eigenvalue weighted by molar-refractivity contribution is 6.03. The summed E-state index contributed by atoms with van der Waals surface area (Å²) in [4.78, 5) is 27.8. The number of morpholine rings is 1. The Morgan fingerprint density at radius 1 is 1.17 bits per heavy atom. The lowest BCUT2D eigenvalue weighted by molar-refractivity contribution is -0.119. The zero-order valence-corrected chi connectivity index (χ0v) is 18.8. The number of pyridine rings is 3. The maximum Gasteiger partial charge on any atom is 0.260 e. The number of rotatable bonds is 5. The molecule has 2 N–H and O–H groups in total. The van der Waals surface area contributed by atoms with Gasteiger partial charge in [0.2, 0.25) is 5.91 Å². The van der Waals surface area contributed by atoms with E-state index in [0.29, 0.717) is 46.8 Å². The van der Waals surface area contributed by atoms with Gasteiger partial charge in [0.15, 0.2) is 11.5 Å². The van der Waals surface area contributed by atoms with Crippen molar-refractivity contribution in [1.29, 1.82) is 0 Å². The Labute approximate surface area is 198 Å². The van der Waals surface area contributed by atoms with E-state index < -0.39 is 24.2 Å². The highest BCUT2D eigenvalue weighted by Crippen LogP contribution is 2.49. The number of carbonyl (C=O) groups is 1. The fraction of sp³-hybridized carbons (Fsp3) is 0.348. The minimum absolute atomic E-state index is 0.179. The van der Waals surface area contributed by atoms with E-state index >= 15 is 0 Å². The predicted molar refractivity (Wildman–Crippen MR) is 126 cm³/mol. The summed E-state index contributed by atoms with van der Waals surface area (Å²) < 4.78 is 33.8. The summed E-state index contributed by atoms with van der Waals surface area (Å²) in [6.45, 7) is 2.98. The number of amides is 1. The van der Waals surface area contributed by atoms with Crippen molar-refractivity contribution in [3.05, 3.63) is 36.8 Å². The molecule has 5 heterocycles. The first-order valence-electron chi connectivity index (χ1n) is 11.3. The number of nitrogens with one attached hydrogen (secondary N) is 2. The standard InChI is InChI=1S/C23H22F2N8O2/c1-26-20-15-10-27-18(29-22(34)17-9-23(17,24)25)8-14(15)16(11-28-20)21-30-19-3-2-13(12-33(19)31-21)32-4-6-35-7-5-32/h2-3,8,10-12,17H,4-7,9H2,1H3,(H,26,28)(H,27,29,34)/t17-/m1/s1. The quantitative estimate of drug-likeness (QED) is 0.449. The fourth-order valence-corrected chi connectivity index (χ4v) is 4.29. The third-order valence-corrected chi connectivity index (χ3v) is 6.34. The molecule has 10 nitrogen and oxygen atoms in total. The number of carbonyl (C=O) groups excluding carboxylic acids is 1. The number of ether oxygens (including phenoxy) is 1. The zero-order valence-electron chi connectivity index (χ0n) is 18.8. The van der Waals surface area contributed by atoms with Gasteiger partial charge in [-0.25, -0.2) is 28.2 Å². The largest absolute Gasteiger partial charge is 0.378 e. The lowest BCUT2D eigenvalue weighted by atomic mass is 10.1. The molecule has 180 valence electrons. The molecule has 2 aliphatic rings. The van der Waals surface area contributed by atoms with E-state index in [1.54, 1.807) is 30.0 Å². The summed E-state index contributed by atoms with van der Waals surface area (Å²) in [5.74, 6) is -3.80. The molecule has 0 aromatic carbocycles. The van der Waals surface area contributed by atoms with Gasteiger partial charge in [0.25, 0.3) is 5.92 Å². The van der Waals surface area contributed by atoms with E-state index in [9.17, 15) is 13.6 Å². The molecule has 6 rings (SSSR count). The Hall–Kier alpha value is -3.93. The van der Waals surface area contributed by atoms with Crippen LogP contribution >= 0.6 is 0 Å². The number of aromatic nitrogens is 5. The molecular formula is C23H22F2N8O2. The number of halogens is 2. The van der Waals surface area contributed by atoms with Gasteiger partial charge in [-0.15, -0.1) is 5.10 Å². The van der Waals surface area contributed by atoms with Gasteiger partial charge in [0, 0.05) is 55.3 Å². The lowest BCUT2D eigenvalue weighted by Crippen LogP contribution is -2.36. The molecule has 2 fully saturated rings. The molecule has 1 saturated carbocycles. The molecule has 0 radical (unpaired) electrons. The summed E-state index contributed by atoms with van der Waals surface area (Å²) in [5, 5.41) is 11.6. The third-order valence-electron chi connectivity index (χ3n) is 6.34. The molecule has 1 amide bonds. The van der Waals surface area contributed by atoms with Crippen LogP contribution in [0.4, 0.5) is 26.1 Å². The van der Waals surface area contributed by atoms with E-state index in [1.807, 2.05) is 18.3 Å².